The van der Waals surface area contributed by atoms with Gasteiger partial charge in [-0.15, -0.1) is 0 Å². The highest BCUT2D eigenvalue weighted by atomic mass is 19.2. The molecule has 0 aliphatic carbocycles. The molecule has 1 nitrogen and oxygen atoms in total. The number of hydrogen-bond acceptors (Lipinski definition) is 0. The summed E-state index contributed by atoms with van der Waals surface area (Å²) in [4.78, 5) is 0. The number of halogens is 6. The van der Waals surface area contributed by atoms with Crippen molar-refractivity contribution in [3.8, 4) is 0 Å². The molecule has 2 aromatic rings. The van der Waals surface area contributed by atoms with E-state index in [2.05, 4.69) is 0 Å². The van der Waals surface area contributed by atoms with Gasteiger partial charge in [0.15, 0.2) is 6.10 Å². The van der Waals surface area contributed by atoms with Crippen molar-refractivity contribution in [2.45, 2.75) is 6.10 Å². The second kappa shape index (κ2) is 5.16. The van der Waals surface area contributed by atoms with Crippen molar-refractivity contribution < 1.29 is 31.4 Å². The number of hydrogen-bond donors (Lipinski definition) is 0. The van der Waals surface area contributed by atoms with E-state index >= 15 is 0 Å². The smallest absolute Gasteiger partial charge is 0.154 e. The fraction of sp³-hybridized carbons (Fsp3) is 0.0769. The highest BCUT2D eigenvalue weighted by molar-refractivity contribution is 5.34. The maximum atomic E-state index is 13.4. The van der Waals surface area contributed by atoms with Crippen LogP contribution in [0.25, 0.3) is 0 Å². The molecule has 2 rings (SSSR count). The average Bonchev–Trinajstić information content (AvgIpc) is 2.25. The minimum Gasteiger partial charge on any atom is -0.222 e. The van der Waals surface area contributed by atoms with Crippen LogP contribution in [0.1, 0.15) is 17.2 Å². The first-order valence-corrected chi connectivity index (χ1v) is 5.26. The first-order valence-electron chi connectivity index (χ1n) is 5.26. The summed E-state index contributed by atoms with van der Waals surface area (Å²) in [6.07, 6.45) is -2.63. The van der Waals surface area contributed by atoms with Gasteiger partial charge in [0.05, 0.1) is 11.1 Å². The van der Waals surface area contributed by atoms with Crippen LogP contribution in [0, 0.1) is 34.9 Å². The van der Waals surface area contributed by atoms with E-state index in [0.717, 1.165) is 0 Å². The first kappa shape index (κ1) is 14.4. The molecule has 0 spiro atoms. The highest BCUT2D eigenvalue weighted by Crippen LogP contribution is 2.31. The summed E-state index contributed by atoms with van der Waals surface area (Å²) < 4.78 is 79.0. The predicted molar refractivity (Wildman–Crippen MR) is 55.2 cm³/mol. The first-order chi connectivity index (χ1) is 9.31. The summed E-state index contributed by atoms with van der Waals surface area (Å²) in [6, 6.07) is 0.844. The molecule has 0 N–H and O–H groups in total. The Morgan fingerprint density at radius 2 is 0.850 bits per heavy atom. The van der Waals surface area contributed by atoms with Gasteiger partial charge in [-0.1, -0.05) is 0 Å². The number of benzene rings is 2. The summed E-state index contributed by atoms with van der Waals surface area (Å²) >= 11 is 0. The Hall–Kier alpha value is -2.02. The van der Waals surface area contributed by atoms with Crippen LogP contribution >= 0.6 is 0 Å². The minimum atomic E-state index is -2.63. The monoisotopic (exact) mass is 291 g/mol. The molecular weight excluding hydrogens is 286 g/mol. The topological polar surface area (TPSA) is 19.9 Å². The van der Waals surface area contributed by atoms with Gasteiger partial charge in [0.25, 0.3) is 0 Å². The van der Waals surface area contributed by atoms with Gasteiger partial charge in [-0.2, -0.15) is 0 Å². The SMILES string of the molecule is [O]C(c1c(F)cc(F)cc1F)c1c(F)cc(F)cc1F. The second-order valence-electron chi connectivity index (χ2n) is 3.95. The standard InChI is InChI=1S/C13H5F6O/c14-5-1-7(16)11(8(17)2-5)13(20)12-9(18)3-6(15)4-10(12)19/h1-4,13H. The lowest BCUT2D eigenvalue weighted by Gasteiger charge is -2.13. The normalized spacial score (nSPS) is 11.2. The summed E-state index contributed by atoms with van der Waals surface area (Å²) in [5, 5.41) is 11.8. The third kappa shape index (κ3) is 2.49. The van der Waals surface area contributed by atoms with E-state index in [1.807, 2.05) is 0 Å². The van der Waals surface area contributed by atoms with E-state index < -0.39 is 52.1 Å². The molecule has 0 amide bonds. The molecule has 2 aromatic carbocycles. The third-order valence-electron chi connectivity index (χ3n) is 2.61. The van der Waals surface area contributed by atoms with E-state index in [4.69, 9.17) is 0 Å². The van der Waals surface area contributed by atoms with Gasteiger partial charge >= 0.3 is 0 Å². The molecule has 0 aliphatic heterocycles. The molecule has 0 aromatic heterocycles. The van der Waals surface area contributed by atoms with Gasteiger partial charge in [0.1, 0.15) is 34.9 Å². The van der Waals surface area contributed by atoms with Crippen LogP contribution in [-0.2, 0) is 5.11 Å². The minimum absolute atomic E-state index is 0.211. The van der Waals surface area contributed by atoms with Crippen LogP contribution in [0.3, 0.4) is 0 Å². The molecule has 0 saturated carbocycles. The zero-order valence-electron chi connectivity index (χ0n) is 9.56. The van der Waals surface area contributed by atoms with Crippen LogP contribution in [0.5, 0.6) is 0 Å². The van der Waals surface area contributed by atoms with E-state index in [-0.39, 0.29) is 24.3 Å². The summed E-state index contributed by atoms with van der Waals surface area (Å²) in [6.45, 7) is 0. The van der Waals surface area contributed by atoms with Gasteiger partial charge < -0.3 is 0 Å². The molecular formula is C13H5F6O. The zero-order chi connectivity index (χ0) is 15.0. The second-order valence-corrected chi connectivity index (χ2v) is 3.95. The highest BCUT2D eigenvalue weighted by Gasteiger charge is 2.28. The zero-order valence-corrected chi connectivity index (χ0v) is 9.56. The van der Waals surface area contributed by atoms with Crippen molar-refractivity contribution in [1.82, 2.24) is 0 Å². The van der Waals surface area contributed by atoms with E-state index in [0.29, 0.717) is 0 Å². The summed E-state index contributed by atoms with van der Waals surface area (Å²) in [7, 11) is 0. The summed E-state index contributed by atoms with van der Waals surface area (Å²) in [5.41, 5.74) is -2.48. The Morgan fingerprint density at radius 1 is 0.600 bits per heavy atom. The lowest BCUT2D eigenvalue weighted by Crippen LogP contribution is -2.10. The predicted octanol–water partition coefficient (Wildman–Crippen LogP) is 4.04. The van der Waals surface area contributed by atoms with Crippen LogP contribution in [0.15, 0.2) is 24.3 Å². The van der Waals surface area contributed by atoms with Crippen molar-refractivity contribution in [3.05, 3.63) is 70.3 Å². The van der Waals surface area contributed by atoms with Gasteiger partial charge in [0, 0.05) is 24.3 Å². The van der Waals surface area contributed by atoms with Gasteiger partial charge in [0.2, 0.25) is 0 Å². The van der Waals surface area contributed by atoms with Crippen molar-refractivity contribution >= 4 is 0 Å². The van der Waals surface area contributed by atoms with Crippen molar-refractivity contribution in [2.75, 3.05) is 0 Å². The lowest BCUT2D eigenvalue weighted by atomic mass is 9.99. The Morgan fingerprint density at radius 3 is 1.10 bits per heavy atom. The van der Waals surface area contributed by atoms with Crippen molar-refractivity contribution in [2.24, 2.45) is 0 Å². The molecule has 0 atom stereocenters. The molecule has 1 radical (unpaired) electrons. The molecule has 0 fully saturated rings. The maximum absolute atomic E-state index is 13.4. The fourth-order valence-corrected chi connectivity index (χ4v) is 1.75. The van der Waals surface area contributed by atoms with Crippen LogP contribution in [0.2, 0.25) is 0 Å². The number of rotatable bonds is 2. The van der Waals surface area contributed by atoms with E-state index in [1.54, 1.807) is 0 Å². The average molecular weight is 291 g/mol. The molecule has 105 valence electrons. The van der Waals surface area contributed by atoms with Crippen LogP contribution < -0.4 is 0 Å². The molecule has 0 saturated heterocycles. The lowest BCUT2D eigenvalue weighted by molar-refractivity contribution is 0.110. The van der Waals surface area contributed by atoms with Crippen molar-refractivity contribution in [3.63, 3.8) is 0 Å². The molecule has 0 bridgehead atoms. The van der Waals surface area contributed by atoms with Gasteiger partial charge in [-0.25, -0.2) is 31.4 Å². The van der Waals surface area contributed by atoms with Crippen LogP contribution in [-0.4, -0.2) is 0 Å². The molecule has 20 heavy (non-hydrogen) atoms. The van der Waals surface area contributed by atoms with E-state index in [9.17, 15) is 31.4 Å². The van der Waals surface area contributed by atoms with Gasteiger partial charge in [-0.3, -0.25) is 0 Å². The van der Waals surface area contributed by atoms with Gasteiger partial charge in [-0.05, 0) is 0 Å². The molecule has 0 heterocycles. The Kier molecular flexibility index (Phi) is 3.71. The Bertz CT molecular complexity index is 566. The van der Waals surface area contributed by atoms with E-state index in [1.165, 1.54) is 0 Å². The Balaban J connectivity index is 2.61. The maximum Gasteiger partial charge on any atom is 0.154 e. The fourth-order valence-electron chi connectivity index (χ4n) is 1.75. The molecule has 7 heteroatoms. The third-order valence-corrected chi connectivity index (χ3v) is 2.61. The Labute approximate surface area is 109 Å². The van der Waals surface area contributed by atoms with Crippen molar-refractivity contribution in [1.29, 1.82) is 0 Å². The summed E-state index contributed by atoms with van der Waals surface area (Å²) in [5.74, 6) is -8.88. The quantitative estimate of drug-likeness (QED) is 0.744. The largest absolute Gasteiger partial charge is 0.222 e. The molecule has 0 unspecified atom stereocenters. The molecule has 0 aliphatic rings. The van der Waals surface area contributed by atoms with Crippen LogP contribution in [0.4, 0.5) is 26.3 Å².